The maximum absolute atomic E-state index is 11.9. The molecule has 0 saturated carbocycles. The van der Waals surface area contributed by atoms with Gasteiger partial charge in [-0.3, -0.25) is 4.79 Å². The summed E-state index contributed by atoms with van der Waals surface area (Å²) in [5.41, 5.74) is -0.621. The number of amides is 2. The predicted octanol–water partition coefficient (Wildman–Crippen LogP) is 1.53. The lowest BCUT2D eigenvalue weighted by Crippen LogP contribution is -2.40. The van der Waals surface area contributed by atoms with E-state index in [-0.39, 0.29) is 18.4 Å². The molecule has 1 unspecified atom stereocenters. The van der Waals surface area contributed by atoms with Crippen molar-refractivity contribution >= 4 is 18.0 Å². The van der Waals surface area contributed by atoms with Gasteiger partial charge < -0.3 is 20.1 Å². The first-order valence-corrected chi connectivity index (χ1v) is 7.83. The summed E-state index contributed by atoms with van der Waals surface area (Å²) in [4.78, 5) is 35.0. The van der Waals surface area contributed by atoms with Crippen molar-refractivity contribution in [2.24, 2.45) is 5.92 Å². The topological polar surface area (TPSA) is 93.7 Å². The first-order chi connectivity index (χ1) is 10.7. The Bertz CT molecular complexity index is 468. The summed E-state index contributed by atoms with van der Waals surface area (Å²) < 4.78 is 10.0. The van der Waals surface area contributed by atoms with Gasteiger partial charge in [0.2, 0.25) is 5.91 Å². The third-order valence-corrected chi connectivity index (χ3v) is 3.15. The zero-order chi connectivity index (χ0) is 17.5. The molecule has 23 heavy (non-hydrogen) atoms. The SMILES string of the molecule is CCOC(=O)/C=C/C(C[C@@H]1CCNC1=O)NC(=O)OC(C)(C)C. The molecule has 1 saturated heterocycles. The minimum absolute atomic E-state index is 0.0366. The molecule has 7 nitrogen and oxygen atoms in total. The highest BCUT2D eigenvalue weighted by Gasteiger charge is 2.28. The molecule has 1 fully saturated rings. The van der Waals surface area contributed by atoms with Crippen molar-refractivity contribution in [3.8, 4) is 0 Å². The minimum Gasteiger partial charge on any atom is -0.463 e. The van der Waals surface area contributed by atoms with Gasteiger partial charge in [-0.15, -0.1) is 0 Å². The quantitative estimate of drug-likeness (QED) is 0.570. The van der Waals surface area contributed by atoms with Crippen molar-refractivity contribution in [3.63, 3.8) is 0 Å². The summed E-state index contributed by atoms with van der Waals surface area (Å²) in [5.74, 6) is -0.716. The van der Waals surface area contributed by atoms with E-state index in [4.69, 9.17) is 9.47 Å². The smallest absolute Gasteiger partial charge is 0.408 e. The number of esters is 1. The Labute approximate surface area is 136 Å². The highest BCUT2D eigenvalue weighted by atomic mass is 16.6. The zero-order valence-corrected chi connectivity index (χ0v) is 14.2. The van der Waals surface area contributed by atoms with E-state index in [1.807, 2.05) is 0 Å². The standard InChI is InChI=1S/C16H26N2O5/c1-5-22-13(19)7-6-12(10-11-8-9-17-14(11)20)18-15(21)23-16(2,3)4/h6-7,11-12H,5,8-10H2,1-4H3,(H,17,20)(H,18,21)/b7-6+/t11-,12?/m0/s1. The molecule has 1 heterocycles. The molecule has 1 aliphatic rings. The molecule has 0 aromatic heterocycles. The number of ether oxygens (including phenoxy) is 2. The van der Waals surface area contributed by atoms with Crippen molar-refractivity contribution in [1.29, 1.82) is 0 Å². The Hall–Kier alpha value is -2.05. The van der Waals surface area contributed by atoms with Gasteiger partial charge in [0.15, 0.2) is 0 Å². The Kier molecular flexibility index (Phi) is 7.06. The molecule has 7 heteroatoms. The molecule has 0 aromatic carbocycles. The summed E-state index contributed by atoms with van der Waals surface area (Å²) in [5, 5.41) is 5.44. The Morgan fingerprint density at radius 1 is 1.43 bits per heavy atom. The van der Waals surface area contributed by atoms with Crippen LogP contribution >= 0.6 is 0 Å². The molecule has 0 spiro atoms. The van der Waals surface area contributed by atoms with Crippen molar-refractivity contribution in [2.75, 3.05) is 13.2 Å². The second kappa shape index (κ2) is 8.55. The lowest BCUT2D eigenvalue weighted by atomic mass is 9.98. The first kappa shape index (κ1) is 19.0. The molecule has 2 atom stereocenters. The van der Waals surface area contributed by atoms with Crippen LogP contribution in [0.3, 0.4) is 0 Å². The third kappa shape index (κ3) is 7.67. The van der Waals surface area contributed by atoms with Crippen molar-refractivity contribution in [3.05, 3.63) is 12.2 Å². The van der Waals surface area contributed by atoms with Gasteiger partial charge in [0, 0.05) is 18.5 Å². The normalized spacial score (nSPS) is 19.3. The fraction of sp³-hybridized carbons (Fsp3) is 0.688. The average molecular weight is 326 g/mol. The highest BCUT2D eigenvalue weighted by Crippen LogP contribution is 2.17. The fourth-order valence-electron chi connectivity index (χ4n) is 2.21. The first-order valence-electron chi connectivity index (χ1n) is 7.83. The van der Waals surface area contributed by atoms with Gasteiger partial charge in [-0.2, -0.15) is 0 Å². The summed E-state index contributed by atoms with van der Waals surface area (Å²) in [6.45, 7) is 7.91. The van der Waals surface area contributed by atoms with E-state index in [1.165, 1.54) is 12.2 Å². The molecule has 0 bridgehead atoms. The number of nitrogens with one attached hydrogen (secondary N) is 2. The van der Waals surface area contributed by atoms with Crippen LogP contribution in [0.25, 0.3) is 0 Å². The van der Waals surface area contributed by atoms with Crippen molar-refractivity contribution in [2.45, 2.75) is 52.2 Å². The second-order valence-corrected chi connectivity index (χ2v) is 6.38. The third-order valence-electron chi connectivity index (χ3n) is 3.15. The molecule has 130 valence electrons. The van der Waals surface area contributed by atoms with Crippen LogP contribution in [0.15, 0.2) is 12.2 Å². The molecular formula is C16H26N2O5. The molecule has 2 N–H and O–H groups in total. The maximum atomic E-state index is 11.9. The van der Waals surface area contributed by atoms with Gasteiger partial charge in [-0.25, -0.2) is 9.59 Å². The summed E-state index contributed by atoms with van der Waals surface area (Å²) >= 11 is 0. The molecule has 0 radical (unpaired) electrons. The van der Waals surface area contributed by atoms with Gasteiger partial charge in [0.05, 0.1) is 12.6 Å². The van der Waals surface area contributed by atoms with E-state index in [2.05, 4.69) is 10.6 Å². The predicted molar refractivity (Wildman–Crippen MR) is 84.7 cm³/mol. The second-order valence-electron chi connectivity index (χ2n) is 6.38. The Balaban J connectivity index is 2.69. The molecule has 0 aliphatic carbocycles. The lowest BCUT2D eigenvalue weighted by Gasteiger charge is -2.23. The van der Waals surface area contributed by atoms with Gasteiger partial charge in [0.25, 0.3) is 0 Å². The average Bonchev–Trinajstić information content (AvgIpc) is 2.79. The summed E-state index contributed by atoms with van der Waals surface area (Å²) in [6, 6.07) is -0.483. The maximum Gasteiger partial charge on any atom is 0.408 e. The van der Waals surface area contributed by atoms with Gasteiger partial charge in [0.1, 0.15) is 5.60 Å². The molecule has 1 aliphatic heterocycles. The summed E-state index contributed by atoms with van der Waals surface area (Å²) in [6.07, 6.45) is 3.32. The van der Waals surface area contributed by atoms with Crippen LogP contribution in [-0.4, -0.2) is 42.8 Å². The molecule has 1 rings (SSSR count). The van der Waals surface area contributed by atoms with Gasteiger partial charge >= 0.3 is 12.1 Å². The van der Waals surface area contributed by atoms with Gasteiger partial charge in [-0.1, -0.05) is 6.08 Å². The van der Waals surface area contributed by atoms with Crippen LogP contribution < -0.4 is 10.6 Å². The van der Waals surface area contributed by atoms with Crippen LogP contribution in [0.1, 0.15) is 40.5 Å². The van der Waals surface area contributed by atoms with E-state index in [0.717, 1.165) is 0 Å². The van der Waals surface area contributed by atoms with E-state index in [9.17, 15) is 14.4 Å². The van der Waals surface area contributed by atoms with Crippen LogP contribution in [0, 0.1) is 5.92 Å². The number of carbonyl (C=O) groups excluding carboxylic acids is 3. The number of hydrogen-bond donors (Lipinski definition) is 2. The number of alkyl carbamates (subject to hydrolysis) is 1. The van der Waals surface area contributed by atoms with Crippen LogP contribution in [0.5, 0.6) is 0 Å². The Morgan fingerprint density at radius 2 is 2.13 bits per heavy atom. The van der Waals surface area contributed by atoms with Crippen molar-refractivity contribution < 1.29 is 23.9 Å². The fourth-order valence-corrected chi connectivity index (χ4v) is 2.21. The monoisotopic (exact) mass is 326 g/mol. The van der Waals surface area contributed by atoms with Crippen LogP contribution in [0.2, 0.25) is 0 Å². The Morgan fingerprint density at radius 3 is 2.65 bits per heavy atom. The number of rotatable bonds is 6. The lowest BCUT2D eigenvalue weighted by molar-refractivity contribution is -0.137. The van der Waals surface area contributed by atoms with E-state index >= 15 is 0 Å². The van der Waals surface area contributed by atoms with Gasteiger partial charge in [-0.05, 0) is 40.5 Å². The molecule has 0 aromatic rings. The molecular weight excluding hydrogens is 300 g/mol. The van der Waals surface area contributed by atoms with E-state index in [1.54, 1.807) is 27.7 Å². The minimum atomic E-state index is -0.621. The zero-order valence-electron chi connectivity index (χ0n) is 14.2. The number of hydrogen-bond acceptors (Lipinski definition) is 5. The van der Waals surface area contributed by atoms with Crippen molar-refractivity contribution in [1.82, 2.24) is 10.6 Å². The highest BCUT2D eigenvalue weighted by molar-refractivity contribution is 5.82. The molecule has 2 amide bonds. The number of carbonyl (C=O) groups is 3. The van der Waals surface area contributed by atoms with Crippen LogP contribution in [0.4, 0.5) is 4.79 Å². The summed E-state index contributed by atoms with van der Waals surface area (Å²) in [7, 11) is 0. The largest absolute Gasteiger partial charge is 0.463 e. The van der Waals surface area contributed by atoms with E-state index in [0.29, 0.717) is 19.4 Å². The van der Waals surface area contributed by atoms with E-state index < -0.39 is 23.7 Å². The van der Waals surface area contributed by atoms with Crippen LogP contribution in [-0.2, 0) is 19.1 Å².